The summed E-state index contributed by atoms with van der Waals surface area (Å²) < 4.78 is 50.5. The lowest BCUT2D eigenvalue weighted by molar-refractivity contribution is -0.121. The first kappa shape index (κ1) is 43.0. The average molecular weight is 870 g/mol. The number of rotatable bonds is 18. The molecule has 2 fully saturated rings. The molecule has 3 unspecified atom stereocenters. The second-order valence-corrected chi connectivity index (χ2v) is 20.2. The van der Waals surface area contributed by atoms with Crippen molar-refractivity contribution in [1.82, 2.24) is 49.4 Å². The largest absolute Gasteiger partial charge is 0.472 e. The number of aryl methyl sites for hydroxylation is 1. The Morgan fingerprint density at radius 1 is 1.14 bits per heavy atom. The number of nitrogens with two attached hydrogens (primary N) is 1. The van der Waals surface area contributed by atoms with Crippen LogP contribution in [0.5, 0.6) is 0 Å². The molecule has 0 aliphatic carbocycles. The normalized spacial score (nSPS) is 21.8. The molecule has 5 N–H and O–H groups in total. The van der Waals surface area contributed by atoms with Crippen molar-refractivity contribution in [2.24, 2.45) is 0 Å². The minimum atomic E-state index is -4.40. The molecule has 26 heteroatoms. The molecule has 308 valence electrons. The quantitative estimate of drug-likeness (QED) is 0.0620. The van der Waals surface area contributed by atoms with Gasteiger partial charge in [0.05, 0.1) is 58.1 Å². The number of carbonyl (C=O) groups excluding carboxylic acids is 1. The van der Waals surface area contributed by atoms with Gasteiger partial charge in [-0.2, -0.15) is 0 Å². The summed E-state index contributed by atoms with van der Waals surface area (Å²) in [6.07, 6.45) is 6.65. The summed E-state index contributed by atoms with van der Waals surface area (Å²) in [7, 11) is 1.57. The van der Waals surface area contributed by atoms with Crippen LogP contribution in [0.2, 0.25) is 0 Å². The Balaban J connectivity index is 0.876. The maximum atomic E-state index is 12.6. The topological polar surface area (TPSA) is 277 Å². The van der Waals surface area contributed by atoms with Crippen LogP contribution in [-0.2, 0) is 50.1 Å². The maximum Gasteiger partial charge on any atom is 0.472 e. The van der Waals surface area contributed by atoms with E-state index in [0.717, 1.165) is 0 Å². The minimum absolute atomic E-state index is 0.0514. The van der Waals surface area contributed by atoms with Crippen LogP contribution in [0.4, 0.5) is 5.82 Å². The van der Waals surface area contributed by atoms with E-state index in [1.807, 2.05) is 0 Å². The number of carbonyl (C=O) groups is 1. The van der Waals surface area contributed by atoms with Crippen LogP contribution < -0.4 is 22.3 Å². The highest BCUT2D eigenvalue weighted by Gasteiger charge is 2.39. The summed E-state index contributed by atoms with van der Waals surface area (Å²) >= 11 is 0. The van der Waals surface area contributed by atoms with E-state index in [-0.39, 0.29) is 49.7 Å². The highest BCUT2D eigenvalue weighted by atomic mass is 32.4. The molecule has 2 aliphatic heterocycles. The Morgan fingerprint density at radius 3 is 2.79 bits per heavy atom. The molecule has 0 aromatic carbocycles. The molecular weight excluding hydrogens is 826 g/mol. The predicted molar refractivity (Wildman–Crippen MR) is 210 cm³/mol. The lowest BCUT2D eigenvalue weighted by atomic mass is 10.2. The Kier molecular flexibility index (Phi) is 15.0. The number of aromatic amines is 1. The molecule has 6 heterocycles. The summed E-state index contributed by atoms with van der Waals surface area (Å²) in [4.78, 5) is 62.2. The zero-order chi connectivity index (χ0) is 40.5. The number of hydrogen-bond donors (Lipinski definition) is 4. The number of nitrogens with one attached hydrogen (secondary N) is 2. The fraction of sp³-hybridized carbons (Fsp3) is 0.548. The summed E-state index contributed by atoms with van der Waals surface area (Å²) in [5.74, 6) is 5.28. The van der Waals surface area contributed by atoms with Crippen molar-refractivity contribution in [3.63, 3.8) is 0 Å². The second-order valence-electron chi connectivity index (χ2n) is 12.9. The average Bonchev–Trinajstić information content (AvgIpc) is 3.99. The van der Waals surface area contributed by atoms with Crippen LogP contribution in [-0.4, -0.2) is 107 Å². The van der Waals surface area contributed by atoms with Crippen molar-refractivity contribution >= 4 is 56.1 Å². The van der Waals surface area contributed by atoms with Gasteiger partial charge in [-0.3, -0.25) is 32.8 Å². The summed E-state index contributed by atoms with van der Waals surface area (Å²) in [5, 5.41) is 10.7. The van der Waals surface area contributed by atoms with Gasteiger partial charge in [-0.1, -0.05) is 34.9 Å². The fourth-order valence-corrected chi connectivity index (χ4v) is 7.75. The number of ether oxygens (including phenoxy) is 3. The van der Waals surface area contributed by atoms with Crippen LogP contribution in [0.15, 0.2) is 34.6 Å². The minimum Gasteiger partial charge on any atom is -0.382 e. The first-order valence-corrected chi connectivity index (χ1v) is 23.7. The van der Waals surface area contributed by atoms with E-state index in [1.54, 1.807) is 10.8 Å². The molecule has 0 radical (unpaired) electrons. The van der Waals surface area contributed by atoms with Crippen LogP contribution in [0.25, 0.3) is 11.2 Å². The SMILES string of the molecule is CO[C@@H]1C[C@H](n2cnc3c(N)ncnc32)O[C@@H]1COP(=O)(O)OCCCCc1cn(CC(=O)NCC#Cc2cn([C@H]3CC[C@@H](COP(P)P)O3)c(=O)[nH]c2=O)nn1. The van der Waals surface area contributed by atoms with E-state index in [4.69, 9.17) is 33.5 Å². The van der Waals surface area contributed by atoms with E-state index >= 15 is 0 Å². The van der Waals surface area contributed by atoms with Crippen molar-refractivity contribution < 1.29 is 42.0 Å². The molecule has 57 heavy (non-hydrogen) atoms. The predicted octanol–water partition coefficient (Wildman–Crippen LogP) is 1.15. The second kappa shape index (κ2) is 19.9. The number of imidazole rings is 1. The Hall–Kier alpha value is -3.56. The third kappa shape index (κ3) is 11.8. The van der Waals surface area contributed by atoms with Gasteiger partial charge < -0.3 is 34.7 Å². The maximum absolute atomic E-state index is 12.6. The number of nitrogen functional groups attached to an aromatic ring is 1. The smallest absolute Gasteiger partial charge is 0.382 e. The number of unbranched alkanes of at least 4 members (excludes halogenated alkanes) is 1. The number of phosphoric acid groups is 1. The van der Waals surface area contributed by atoms with Gasteiger partial charge in [-0.05, 0) is 32.1 Å². The number of H-pyrrole nitrogens is 1. The zero-order valence-corrected chi connectivity index (χ0v) is 34.8. The van der Waals surface area contributed by atoms with Gasteiger partial charge in [0, 0.05) is 25.9 Å². The van der Waals surface area contributed by atoms with Gasteiger partial charge in [-0.15, -0.1) is 5.10 Å². The number of anilines is 1. The van der Waals surface area contributed by atoms with Crippen molar-refractivity contribution in [1.29, 1.82) is 0 Å². The lowest BCUT2D eigenvalue weighted by Crippen LogP contribution is -2.34. The van der Waals surface area contributed by atoms with Gasteiger partial charge >= 0.3 is 13.5 Å². The van der Waals surface area contributed by atoms with Crippen molar-refractivity contribution in [3.8, 4) is 11.8 Å². The Morgan fingerprint density at radius 2 is 1.98 bits per heavy atom. The highest BCUT2D eigenvalue weighted by Crippen LogP contribution is 2.54. The Bertz CT molecular complexity index is 2240. The Labute approximate surface area is 330 Å². The molecule has 0 spiro atoms. The summed E-state index contributed by atoms with van der Waals surface area (Å²) in [5.41, 5.74) is 6.24. The van der Waals surface area contributed by atoms with E-state index in [2.05, 4.69) is 65.3 Å². The first-order chi connectivity index (χ1) is 27.4. The van der Waals surface area contributed by atoms with Crippen LogP contribution in [0.3, 0.4) is 0 Å². The van der Waals surface area contributed by atoms with Gasteiger partial charge in [0.1, 0.15) is 42.5 Å². The monoisotopic (exact) mass is 869 g/mol. The number of fused-ring (bicyclic) bond motifs is 1. The first-order valence-electron chi connectivity index (χ1n) is 17.7. The third-order valence-electron chi connectivity index (χ3n) is 8.93. The molecule has 0 saturated carbocycles. The number of amides is 1. The molecule has 4 aromatic rings. The zero-order valence-electron chi connectivity index (χ0n) is 30.7. The molecule has 0 bridgehead atoms. The number of hydrogen-bond acceptors (Lipinski definition) is 16. The van der Waals surface area contributed by atoms with Gasteiger partial charge in [0.2, 0.25) is 5.91 Å². The fourth-order valence-electron chi connectivity index (χ4n) is 6.13. The van der Waals surface area contributed by atoms with Gasteiger partial charge in [-0.25, -0.2) is 29.0 Å². The standard InChI is InChI=1S/C31H43N11O11P4/c1-48-22-11-26(42-18-36-27-28(32)34-17-35-29(27)42)53-23(22)16-51-57(46,47)50-10-3-2-6-20-13-40(39-38-20)14-24(43)33-9-4-5-19-12-41(31(45)37-30(19)44)25-8-7-21(52-25)15-49-56(54)55/h12-13,17-18,21-23,25-26H,2-3,6-11,14-16,54-55H2,1H3,(H,33,43)(H,46,47)(H2,32,34,35)(H,37,44,45)/t21-,22+,23+,25+,26+/m0/s1. The molecule has 4 aromatic heterocycles. The van der Waals surface area contributed by atoms with Crippen LogP contribution >= 0.6 is 33.2 Å². The molecular formula is C31H43N11O11P4. The summed E-state index contributed by atoms with van der Waals surface area (Å²) in [6, 6.07) is 0. The lowest BCUT2D eigenvalue weighted by Gasteiger charge is -2.19. The number of aromatic nitrogens is 9. The van der Waals surface area contributed by atoms with E-state index < -0.39 is 51.3 Å². The van der Waals surface area contributed by atoms with E-state index in [1.165, 1.54) is 35.2 Å². The van der Waals surface area contributed by atoms with Crippen molar-refractivity contribution in [2.45, 2.75) is 75.8 Å². The van der Waals surface area contributed by atoms with Crippen LogP contribution in [0, 0.1) is 11.8 Å². The molecule has 1 amide bonds. The molecule has 6 rings (SSSR count). The summed E-state index contributed by atoms with van der Waals surface area (Å²) in [6.45, 7) is -0.0808. The van der Waals surface area contributed by atoms with Crippen LogP contribution in [0.1, 0.15) is 55.8 Å². The highest BCUT2D eigenvalue weighted by molar-refractivity contribution is 8.41. The molecule has 2 saturated heterocycles. The van der Waals surface area contributed by atoms with E-state index in [0.29, 0.717) is 62.0 Å². The molecule has 8 atom stereocenters. The number of phosphoric ester groups is 1. The number of methoxy groups -OCH3 is 1. The third-order valence-corrected chi connectivity index (χ3v) is 11.3. The molecule has 2 aliphatic rings. The van der Waals surface area contributed by atoms with Gasteiger partial charge in [0.25, 0.3) is 5.56 Å². The van der Waals surface area contributed by atoms with E-state index in [9.17, 15) is 23.8 Å². The van der Waals surface area contributed by atoms with Crippen molar-refractivity contribution in [3.05, 3.63) is 57.1 Å². The molecule has 22 nitrogen and oxygen atoms in total. The van der Waals surface area contributed by atoms with Crippen molar-refractivity contribution in [2.75, 3.05) is 39.2 Å². The van der Waals surface area contributed by atoms with Gasteiger partial charge in [0.15, 0.2) is 11.5 Å². The number of nitrogens with zero attached hydrogens (tertiary/aromatic N) is 8.